The van der Waals surface area contributed by atoms with Crippen LogP contribution in [0.25, 0.3) is 10.2 Å². The van der Waals surface area contributed by atoms with Crippen molar-refractivity contribution in [2.45, 2.75) is 13.1 Å². The topological polar surface area (TPSA) is 83.1 Å². The van der Waals surface area contributed by atoms with Crippen molar-refractivity contribution in [3.8, 4) is 0 Å². The number of nitrogens with one attached hydrogen (secondary N) is 3. The summed E-state index contributed by atoms with van der Waals surface area (Å²) in [4.78, 5) is 30.2. The van der Waals surface area contributed by atoms with Crippen LogP contribution < -0.4 is 16.0 Å². The van der Waals surface area contributed by atoms with Crippen LogP contribution >= 0.6 is 22.9 Å². The molecule has 6 nitrogen and oxygen atoms in total. The summed E-state index contributed by atoms with van der Waals surface area (Å²) < 4.78 is 53.2. The predicted octanol–water partition coefficient (Wildman–Crippen LogP) is 8.66. The number of nitrogens with zero attached hydrogens (tertiary/aromatic N) is 1. The molecule has 5 aromatic rings. The molecule has 0 aliphatic rings. The molecule has 5 rings (SSSR count). The van der Waals surface area contributed by atoms with Gasteiger partial charge in [0.2, 0.25) is 0 Å². The van der Waals surface area contributed by atoms with Gasteiger partial charge in [-0.3, -0.25) is 9.59 Å². The fourth-order valence-electron chi connectivity index (χ4n) is 3.89. The van der Waals surface area contributed by atoms with Crippen LogP contribution in [0.3, 0.4) is 0 Å². The Morgan fingerprint density at radius 1 is 0.854 bits per heavy atom. The number of fused-ring (bicyclic) bond motifs is 1. The molecule has 0 atom stereocenters. The molecule has 1 aromatic heterocycles. The predicted molar refractivity (Wildman–Crippen MR) is 153 cm³/mol. The molecule has 2 amide bonds. The third kappa shape index (κ3) is 6.47. The van der Waals surface area contributed by atoms with Crippen LogP contribution in [-0.2, 0) is 6.18 Å². The van der Waals surface area contributed by atoms with Crippen molar-refractivity contribution in [1.29, 1.82) is 0 Å². The second-order valence-electron chi connectivity index (χ2n) is 8.97. The first-order valence-electron chi connectivity index (χ1n) is 12.0. The number of aryl methyl sites for hydroxylation is 1. The molecule has 0 aliphatic heterocycles. The third-order valence-electron chi connectivity index (χ3n) is 6.02. The van der Waals surface area contributed by atoms with Crippen LogP contribution in [0.1, 0.15) is 31.8 Å². The summed E-state index contributed by atoms with van der Waals surface area (Å²) >= 11 is 7.14. The zero-order valence-corrected chi connectivity index (χ0v) is 22.6. The molecule has 0 radical (unpaired) electrons. The van der Waals surface area contributed by atoms with E-state index in [-0.39, 0.29) is 10.6 Å². The average Bonchev–Trinajstić information content (AvgIpc) is 3.33. The van der Waals surface area contributed by atoms with Gasteiger partial charge in [0, 0.05) is 28.2 Å². The zero-order chi connectivity index (χ0) is 29.3. The lowest BCUT2D eigenvalue weighted by atomic mass is 10.1. The van der Waals surface area contributed by atoms with E-state index < -0.39 is 29.4 Å². The van der Waals surface area contributed by atoms with Gasteiger partial charge in [-0.1, -0.05) is 35.1 Å². The van der Waals surface area contributed by atoms with Crippen molar-refractivity contribution < 1.29 is 27.2 Å². The molecule has 208 valence electrons. The highest BCUT2D eigenvalue weighted by Gasteiger charge is 2.31. The van der Waals surface area contributed by atoms with Gasteiger partial charge in [-0.15, -0.1) is 0 Å². The van der Waals surface area contributed by atoms with Gasteiger partial charge in [0.1, 0.15) is 5.82 Å². The molecule has 0 fully saturated rings. The Kier molecular flexibility index (Phi) is 7.65. The van der Waals surface area contributed by atoms with E-state index in [0.717, 1.165) is 22.9 Å². The van der Waals surface area contributed by atoms with Gasteiger partial charge in [0.15, 0.2) is 5.13 Å². The van der Waals surface area contributed by atoms with Gasteiger partial charge in [-0.05, 0) is 79.2 Å². The van der Waals surface area contributed by atoms with E-state index in [9.17, 15) is 27.2 Å². The Balaban J connectivity index is 1.30. The number of carbonyl (C=O) groups is 2. The van der Waals surface area contributed by atoms with Crippen molar-refractivity contribution in [3.05, 3.63) is 112 Å². The second-order valence-corrected chi connectivity index (χ2v) is 10.4. The zero-order valence-electron chi connectivity index (χ0n) is 21.1. The van der Waals surface area contributed by atoms with Crippen LogP contribution in [0.15, 0.2) is 78.9 Å². The summed E-state index contributed by atoms with van der Waals surface area (Å²) in [7, 11) is 0. The molecule has 0 unspecified atom stereocenters. The van der Waals surface area contributed by atoms with E-state index in [1.54, 1.807) is 37.3 Å². The number of hydrogen-bond acceptors (Lipinski definition) is 5. The van der Waals surface area contributed by atoms with Crippen molar-refractivity contribution in [2.75, 3.05) is 16.0 Å². The molecular weight excluding hydrogens is 580 g/mol. The van der Waals surface area contributed by atoms with E-state index in [0.29, 0.717) is 38.8 Å². The Morgan fingerprint density at radius 2 is 1.59 bits per heavy atom. The van der Waals surface area contributed by atoms with Crippen molar-refractivity contribution in [2.24, 2.45) is 0 Å². The molecule has 0 saturated carbocycles. The van der Waals surface area contributed by atoms with Gasteiger partial charge in [0.05, 0.1) is 20.8 Å². The summed E-state index contributed by atoms with van der Waals surface area (Å²) in [5.41, 5.74) is 1.90. The fraction of sp³-hybridized carbons (Fsp3) is 0.0690. The molecule has 0 bridgehead atoms. The summed E-state index contributed by atoms with van der Waals surface area (Å²) in [5.74, 6) is -1.67. The number of thiazole rings is 1. The number of amides is 2. The average molecular weight is 599 g/mol. The van der Waals surface area contributed by atoms with E-state index in [4.69, 9.17) is 11.6 Å². The highest BCUT2D eigenvalue weighted by Crippen LogP contribution is 2.32. The molecule has 3 N–H and O–H groups in total. The maximum absolute atomic E-state index is 13.4. The number of benzene rings is 4. The third-order valence-corrected chi connectivity index (χ3v) is 7.24. The molecule has 0 saturated heterocycles. The minimum atomic E-state index is -4.57. The van der Waals surface area contributed by atoms with E-state index >= 15 is 0 Å². The molecule has 12 heteroatoms. The van der Waals surface area contributed by atoms with Crippen LogP contribution in [0.2, 0.25) is 5.02 Å². The summed E-state index contributed by atoms with van der Waals surface area (Å²) in [5, 5.41) is 8.95. The Morgan fingerprint density at radius 3 is 2.34 bits per heavy atom. The monoisotopic (exact) mass is 598 g/mol. The van der Waals surface area contributed by atoms with Crippen LogP contribution in [0, 0.1) is 12.7 Å². The fourth-order valence-corrected chi connectivity index (χ4v) is 4.99. The lowest BCUT2D eigenvalue weighted by Crippen LogP contribution is -2.15. The number of rotatable bonds is 6. The molecule has 41 heavy (non-hydrogen) atoms. The number of hydrogen-bond donors (Lipinski definition) is 3. The number of alkyl halides is 3. The Labute approximate surface area is 240 Å². The molecule has 0 aliphatic carbocycles. The maximum Gasteiger partial charge on any atom is 0.416 e. The van der Waals surface area contributed by atoms with Crippen molar-refractivity contribution in [3.63, 3.8) is 0 Å². The molecule has 0 spiro atoms. The quantitative estimate of drug-likeness (QED) is 0.171. The normalized spacial score (nSPS) is 11.4. The van der Waals surface area contributed by atoms with Gasteiger partial charge in [-0.2, -0.15) is 13.2 Å². The first-order chi connectivity index (χ1) is 19.5. The first-order valence-corrected chi connectivity index (χ1v) is 13.2. The standard InChI is InChI=1S/C29H19ClF4N4O2S/c1-15-5-7-20(35-26(39)16-3-2-4-18(11-16)29(32,33)34)14-24(15)37-27(40)17-6-10-23-25(12-17)41-28(38-23)36-19-8-9-22(31)21(30)13-19/h2-14H,1H3,(H,35,39)(H,36,38)(H,37,40). The van der Waals surface area contributed by atoms with Crippen molar-refractivity contribution >= 4 is 67.2 Å². The smallest absolute Gasteiger partial charge is 0.331 e. The molecule has 4 aromatic carbocycles. The number of halogens is 5. The number of anilines is 4. The molecule has 1 heterocycles. The summed E-state index contributed by atoms with van der Waals surface area (Å²) in [6.45, 7) is 1.76. The van der Waals surface area contributed by atoms with Crippen molar-refractivity contribution in [1.82, 2.24) is 4.98 Å². The van der Waals surface area contributed by atoms with E-state index in [1.807, 2.05) is 0 Å². The Bertz CT molecular complexity index is 1810. The van der Waals surface area contributed by atoms with E-state index in [2.05, 4.69) is 20.9 Å². The molecular formula is C29H19ClF4N4O2S. The summed E-state index contributed by atoms with van der Waals surface area (Å²) in [6.07, 6.45) is -4.57. The van der Waals surface area contributed by atoms with Gasteiger partial charge in [0.25, 0.3) is 11.8 Å². The van der Waals surface area contributed by atoms with Gasteiger partial charge < -0.3 is 16.0 Å². The number of aromatic nitrogens is 1. The first kappa shape index (κ1) is 28.1. The maximum atomic E-state index is 13.4. The SMILES string of the molecule is Cc1ccc(NC(=O)c2cccc(C(F)(F)F)c2)cc1NC(=O)c1ccc2nc(Nc3ccc(F)c(Cl)c3)sc2c1. The Hall–Kier alpha value is -4.48. The highest BCUT2D eigenvalue weighted by atomic mass is 35.5. The van der Waals surface area contributed by atoms with Gasteiger partial charge in [-0.25, -0.2) is 9.37 Å². The van der Waals surface area contributed by atoms with Crippen LogP contribution in [0.4, 0.5) is 39.8 Å². The second kappa shape index (κ2) is 11.2. The minimum Gasteiger partial charge on any atom is -0.331 e. The minimum absolute atomic E-state index is 0.0235. The van der Waals surface area contributed by atoms with Crippen LogP contribution in [-0.4, -0.2) is 16.8 Å². The van der Waals surface area contributed by atoms with E-state index in [1.165, 1.54) is 41.7 Å². The van der Waals surface area contributed by atoms with Crippen LogP contribution in [0.5, 0.6) is 0 Å². The summed E-state index contributed by atoms with van der Waals surface area (Å²) in [6, 6.07) is 18.1. The number of carbonyl (C=O) groups excluding carboxylic acids is 2. The lowest BCUT2D eigenvalue weighted by molar-refractivity contribution is -0.137. The highest BCUT2D eigenvalue weighted by molar-refractivity contribution is 7.22. The lowest BCUT2D eigenvalue weighted by Gasteiger charge is -2.13. The largest absolute Gasteiger partial charge is 0.416 e. The van der Waals surface area contributed by atoms with Gasteiger partial charge >= 0.3 is 6.18 Å².